The molecule has 10 aliphatic rings. The Balaban J connectivity index is 1.45. The maximum atomic E-state index is 13.8. The third-order valence-corrected chi connectivity index (χ3v) is 20.3. The van der Waals surface area contributed by atoms with E-state index in [-0.39, 0.29) is 55.1 Å². The fourth-order valence-corrected chi connectivity index (χ4v) is 23.3. The number of esters is 2. The van der Waals surface area contributed by atoms with Crippen LogP contribution in [0.5, 0.6) is 0 Å². The molecule has 8 heteroatoms. The first kappa shape index (κ1) is 19.0. The number of alkyl halides is 4. The van der Waals surface area contributed by atoms with E-state index in [1.165, 1.54) is 12.8 Å². The summed E-state index contributed by atoms with van der Waals surface area (Å²) in [7, 11) is 3.11. The average molecular weight is 694 g/mol. The van der Waals surface area contributed by atoms with E-state index in [1.54, 1.807) is 14.2 Å². The number of hydrogen-bond donors (Lipinski definition) is 0. The zero-order valence-electron chi connectivity index (χ0n) is 17.5. The van der Waals surface area contributed by atoms with Crippen LogP contribution in [0.25, 0.3) is 0 Å². The molecular weight excluding hydrogens is 672 g/mol. The average Bonchev–Trinajstić information content (AvgIpc) is 3.57. The first-order chi connectivity index (χ1) is 15.1. The normalized spacial score (nSPS) is 80.3. The highest BCUT2D eigenvalue weighted by molar-refractivity contribution is 9.11. The van der Waals surface area contributed by atoms with Gasteiger partial charge in [0.15, 0.2) is 0 Å². The molecule has 4 bridgehead atoms. The Morgan fingerprint density at radius 1 is 0.625 bits per heavy atom. The first-order valence-electron chi connectivity index (χ1n) is 12.1. The molecule has 0 amide bonds. The topological polar surface area (TPSA) is 52.6 Å². The summed E-state index contributed by atoms with van der Waals surface area (Å²) >= 11 is 17.6. The number of methoxy groups -OCH3 is 2. The Kier molecular flexibility index (Phi) is 2.63. The predicted octanol–water partition coefficient (Wildman–Crippen LogP) is 4.15. The van der Waals surface area contributed by atoms with Gasteiger partial charge in [0.25, 0.3) is 0 Å². The second kappa shape index (κ2) is 4.42. The fraction of sp³-hybridized carbons (Fsp3) is 0.917. The van der Waals surface area contributed by atoms with Crippen LogP contribution < -0.4 is 0 Å². The minimum Gasteiger partial charge on any atom is -0.468 e. The lowest BCUT2D eigenvalue weighted by Crippen LogP contribution is -2.57. The molecule has 6 unspecified atom stereocenters. The van der Waals surface area contributed by atoms with Crippen LogP contribution in [0.15, 0.2) is 0 Å². The molecule has 170 valence electrons. The summed E-state index contributed by atoms with van der Waals surface area (Å²) in [5, 5.41) is 0. The van der Waals surface area contributed by atoms with Gasteiger partial charge >= 0.3 is 11.9 Å². The van der Waals surface area contributed by atoms with Gasteiger partial charge in [0.05, 0.1) is 14.2 Å². The number of hydrogen-bond acceptors (Lipinski definition) is 4. The van der Waals surface area contributed by atoms with Crippen LogP contribution in [0.4, 0.5) is 0 Å². The Labute approximate surface area is 219 Å². The van der Waals surface area contributed by atoms with E-state index in [0.717, 1.165) is 11.8 Å². The lowest BCUT2D eigenvalue weighted by atomic mass is 9.51. The summed E-state index contributed by atoms with van der Waals surface area (Å²) in [6.45, 7) is 0. The molecular formula is C24H22Br4O4. The number of fused-ring (bicyclic) bond motifs is 4. The highest BCUT2D eigenvalue weighted by atomic mass is 79.9. The van der Waals surface area contributed by atoms with Crippen molar-refractivity contribution in [1.29, 1.82) is 0 Å². The van der Waals surface area contributed by atoms with Gasteiger partial charge in [-0.2, -0.15) is 0 Å². The third-order valence-electron chi connectivity index (χ3n) is 14.2. The molecule has 0 N–H and O–H groups in total. The van der Waals surface area contributed by atoms with E-state index in [1.807, 2.05) is 0 Å². The first-order valence-corrected chi connectivity index (χ1v) is 15.2. The summed E-state index contributed by atoms with van der Waals surface area (Å²) in [5.41, 5.74) is 0.107. The zero-order chi connectivity index (χ0) is 21.9. The molecule has 0 aromatic carbocycles. The lowest BCUT2D eigenvalue weighted by Gasteiger charge is -2.55. The largest absolute Gasteiger partial charge is 0.468 e. The monoisotopic (exact) mass is 690 g/mol. The quantitative estimate of drug-likeness (QED) is 0.323. The second-order valence-electron chi connectivity index (χ2n) is 12.9. The maximum Gasteiger partial charge on any atom is 0.323 e. The molecule has 0 saturated heterocycles. The minimum absolute atomic E-state index is 0.0533. The fourth-order valence-electron chi connectivity index (χ4n) is 15.6. The van der Waals surface area contributed by atoms with Gasteiger partial charge in [-0.15, -0.1) is 0 Å². The van der Waals surface area contributed by atoms with Gasteiger partial charge in [0, 0.05) is 31.3 Å². The van der Waals surface area contributed by atoms with Gasteiger partial charge in [-0.3, -0.25) is 9.59 Å². The predicted molar refractivity (Wildman–Crippen MR) is 127 cm³/mol. The molecule has 0 radical (unpaired) electrons. The molecule has 0 aromatic heterocycles. The minimum atomic E-state index is -0.692. The van der Waals surface area contributed by atoms with Crippen molar-refractivity contribution in [3.05, 3.63) is 0 Å². The van der Waals surface area contributed by atoms with Crippen molar-refractivity contribution in [1.82, 2.24) is 0 Å². The van der Waals surface area contributed by atoms with Crippen LogP contribution in [0.1, 0.15) is 12.8 Å². The van der Waals surface area contributed by atoms with Crippen LogP contribution in [0.3, 0.4) is 0 Å². The Hall–Kier alpha value is 0.860. The maximum absolute atomic E-state index is 13.8. The summed E-state index contributed by atoms with van der Waals surface area (Å²) in [6, 6.07) is 0. The molecule has 10 fully saturated rings. The highest BCUT2D eigenvalue weighted by Gasteiger charge is 3.14. The molecule has 32 heavy (non-hydrogen) atoms. The molecule has 10 saturated carbocycles. The molecule has 4 nitrogen and oxygen atoms in total. The summed E-state index contributed by atoms with van der Waals surface area (Å²) in [6.07, 6.45) is 2.62. The second-order valence-corrected chi connectivity index (χ2v) is 18.2. The summed E-state index contributed by atoms with van der Waals surface area (Å²) < 4.78 is 9.61. The molecule has 0 heterocycles. The van der Waals surface area contributed by atoms with Gasteiger partial charge < -0.3 is 9.47 Å². The van der Waals surface area contributed by atoms with Crippen LogP contribution in [0.2, 0.25) is 0 Å². The van der Waals surface area contributed by atoms with E-state index >= 15 is 0 Å². The molecule has 0 aliphatic heterocycles. The third kappa shape index (κ3) is 1.02. The lowest BCUT2D eigenvalue weighted by molar-refractivity contribution is -0.146. The van der Waals surface area contributed by atoms with E-state index in [9.17, 15) is 9.59 Å². The zero-order valence-corrected chi connectivity index (χ0v) is 23.8. The summed E-state index contributed by atoms with van der Waals surface area (Å²) in [5.74, 6) is 5.32. The van der Waals surface area contributed by atoms with Gasteiger partial charge in [-0.05, 0) is 72.0 Å². The van der Waals surface area contributed by atoms with Crippen LogP contribution in [-0.4, -0.2) is 43.5 Å². The van der Waals surface area contributed by atoms with Gasteiger partial charge in [-0.1, -0.05) is 63.7 Å². The Morgan fingerprint density at radius 2 is 1.00 bits per heavy atom. The number of halogens is 4. The Bertz CT molecular complexity index is 1090. The molecule has 2 spiro atoms. The van der Waals surface area contributed by atoms with Gasteiger partial charge in [0.1, 0.15) is 8.65 Å². The number of carbonyl (C=O) groups excluding carboxylic acids is 2. The van der Waals surface area contributed by atoms with E-state index in [0.29, 0.717) is 35.5 Å². The van der Waals surface area contributed by atoms with Crippen LogP contribution in [-0.2, 0) is 19.1 Å². The van der Waals surface area contributed by atoms with Crippen LogP contribution in [0, 0.1) is 81.8 Å². The van der Waals surface area contributed by atoms with Crippen molar-refractivity contribution >= 4 is 75.7 Å². The van der Waals surface area contributed by atoms with Crippen LogP contribution >= 0.6 is 63.7 Å². The number of ether oxygens (including phenoxy) is 2. The molecule has 10 rings (SSSR count). The molecule has 0 aromatic rings. The van der Waals surface area contributed by atoms with E-state index < -0.39 is 8.65 Å². The SMILES string of the molecule is COC(=O)C1(Br)[C@H]2[C@@H]3[C@@H]4[C@@H]5C(Br)(C(=O)OC)[C@H]3[C@@]3(Br)[C@H]6C[C@@H]7[C@@H]8C9CC([C@H]86)C23C9([C@@H]41)[C@@]75Br. The van der Waals surface area contributed by atoms with E-state index in [4.69, 9.17) is 9.47 Å². The summed E-state index contributed by atoms with van der Waals surface area (Å²) in [4.78, 5) is 27.5. The standard InChI is InChI=1S/C24H22Br4O4/c1-31-17(29)19(25)13-11-12-14(19)22-6-3-5-9-7-4-8(10(6)9)24(22,28)16(12)20(26,18(30)32-2)15(11)23(7,27)21(5,13)22/h5-16H,3-4H2,1-2H3/t5?,6?,7-,8+,9-,10-,11-,12-,13+,14-,15-,16+,19?,20?,21?,22?,23-,24+/m0/s1. The van der Waals surface area contributed by atoms with Crippen molar-refractivity contribution in [2.45, 2.75) is 30.1 Å². The van der Waals surface area contributed by atoms with Gasteiger partial charge in [-0.25, -0.2) is 0 Å². The van der Waals surface area contributed by atoms with Crippen molar-refractivity contribution in [2.24, 2.45) is 81.8 Å². The van der Waals surface area contributed by atoms with Crippen molar-refractivity contribution in [2.75, 3.05) is 14.2 Å². The smallest absolute Gasteiger partial charge is 0.323 e. The Morgan fingerprint density at radius 3 is 1.41 bits per heavy atom. The van der Waals surface area contributed by atoms with Crippen molar-refractivity contribution in [3.63, 3.8) is 0 Å². The number of carbonyl (C=O) groups is 2. The van der Waals surface area contributed by atoms with Crippen molar-refractivity contribution in [3.8, 4) is 0 Å². The molecule has 10 aliphatic carbocycles. The number of rotatable bonds is 2. The van der Waals surface area contributed by atoms with Crippen molar-refractivity contribution < 1.29 is 19.1 Å². The molecule has 18 atom stereocenters. The van der Waals surface area contributed by atoms with E-state index in [2.05, 4.69) is 63.7 Å². The highest BCUT2D eigenvalue weighted by Crippen LogP contribution is 3.12. The van der Waals surface area contributed by atoms with Gasteiger partial charge in [0.2, 0.25) is 0 Å².